The van der Waals surface area contributed by atoms with Gasteiger partial charge >= 0.3 is 0 Å². The highest BCUT2D eigenvalue weighted by Gasteiger charge is 2.20. The number of hydrogen-bond donors (Lipinski definition) is 0. The van der Waals surface area contributed by atoms with Gasteiger partial charge in [0, 0.05) is 36.3 Å². The summed E-state index contributed by atoms with van der Waals surface area (Å²) in [6.07, 6.45) is 2.49. The zero-order chi connectivity index (χ0) is 31.5. The summed E-state index contributed by atoms with van der Waals surface area (Å²) in [4.78, 5) is 9.58. The third kappa shape index (κ3) is 4.45. The first-order valence-corrected chi connectivity index (χ1v) is 13.0. The molecule has 2 aromatic carbocycles. The molecule has 190 valence electrons. The van der Waals surface area contributed by atoms with Crippen molar-refractivity contribution in [2.75, 3.05) is 0 Å². The van der Waals surface area contributed by atoms with E-state index in [-0.39, 0.29) is 5.56 Å². The Bertz CT molecular complexity index is 1790. The summed E-state index contributed by atoms with van der Waals surface area (Å²) in [7, 11) is 0. The van der Waals surface area contributed by atoms with Gasteiger partial charge in [0.1, 0.15) is 5.58 Å². The summed E-state index contributed by atoms with van der Waals surface area (Å²) in [6, 6.07) is 16.8. The van der Waals surface area contributed by atoms with Crippen molar-refractivity contribution in [2.24, 2.45) is 0 Å². The van der Waals surface area contributed by atoms with Crippen LogP contribution in [0.25, 0.3) is 44.6 Å². The van der Waals surface area contributed by atoms with E-state index in [1.54, 1.807) is 12.3 Å². The van der Waals surface area contributed by atoms with Crippen molar-refractivity contribution >= 4 is 22.1 Å². The molecule has 0 bridgehead atoms. The molecule has 0 amide bonds. The first-order chi connectivity index (χ1) is 20.0. The van der Waals surface area contributed by atoms with Gasteiger partial charge in [0.25, 0.3) is 0 Å². The zero-order valence-electron chi connectivity index (χ0n) is 28.5. The summed E-state index contributed by atoms with van der Waals surface area (Å²) >= 11 is 0. The number of hydrogen-bond acceptors (Lipinski definition) is 3. The SMILES string of the molecule is [2H]C([2H])([2H])c1cc(-c2cccc3c2oc2nc(-c4c(C([2H])(C)C)cccc4C([2H])(C)C)ccc23)ncc1C([2H])(CC)CC. The van der Waals surface area contributed by atoms with E-state index in [0.29, 0.717) is 46.7 Å². The Balaban J connectivity index is 1.73. The smallest absolute Gasteiger partial charge is 0.227 e. The van der Waals surface area contributed by atoms with Crippen molar-refractivity contribution in [3.8, 4) is 22.5 Å². The normalized spacial score (nSPS) is 15.6. The van der Waals surface area contributed by atoms with Crippen molar-refractivity contribution in [3.63, 3.8) is 0 Å². The molecule has 0 atom stereocenters. The third-order valence-electron chi connectivity index (χ3n) is 7.18. The molecule has 0 aliphatic heterocycles. The molecule has 3 nitrogen and oxygen atoms in total. The average molecular weight is 497 g/mol. The maximum absolute atomic E-state index is 8.92. The van der Waals surface area contributed by atoms with Crippen LogP contribution < -0.4 is 0 Å². The van der Waals surface area contributed by atoms with Crippen LogP contribution in [0.4, 0.5) is 0 Å². The predicted molar refractivity (Wildman–Crippen MR) is 156 cm³/mol. The van der Waals surface area contributed by atoms with Crippen LogP contribution in [-0.4, -0.2) is 9.97 Å². The number of aryl methyl sites for hydroxylation is 1. The summed E-state index contributed by atoms with van der Waals surface area (Å²) < 4.78 is 57.7. The second-order valence-electron chi connectivity index (χ2n) is 9.99. The van der Waals surface area contributed by atoms with E-state index in [1.165, 1.54) is 0 Å². The highest BCUT2D eigenvalue weighted by Crippen LogP contribution is 2.39. The van der Waals surface area contributed by atoms with Crippen LogP contribution in [-0.2, 0) is 0 Å². The van der Waals surface area contributed by atoms with Crippen LogP contribution in [0.2, 0.25) is 0 Å². The van der Waals surface area contributed by atoms with Crippen LogP contribution in [0.5, 0.6) is 0 Å². The number of benzene rings is 2. The number of furan rings is 1. The highest BCUT2D eigenvalue weighted by molar-refractivity contribution is 6.08. The molecule has 3 aromatic heterocycles. The molecular formula is C34H38N2O. The van der Waals surface area contributed by atoms with Crippen molar-refractivity contribution in [2.45, 2.75) is 78.9 Å². The van der Waals surface area contributed by atoms with E-state index in [4.69, 9.17) is 17.6 Å². The quantitative estimate of drug-likeness (QED) is 0.225. The molecule has 5 rings (SSSR count). The number of fused-ring (bicyclic) bond motifs is 3. The maximum atomic E-state index is 8.92. The summed E-state index contributed by atoms with van der Waals surface area (Å²) in [5.41, 5.74) is 5.52. The molecule has 0 fully saturated rings. The molecule has 0 aliphatic rings. The van der Waals surface area contributed by atoms with Crippen LogP contribution in [0, 0.1) is 6.85 Å². The fourth-order valence-electron chi connectivity index (χ4n) is 5.20. The first kappa shape index (κ1) is 18.7. The Labute approximate surface area is 229 Å². The van der Waals surface area contributed by atoms with Crippen molar-refractivity contribution in [3.05, 3.63) is 83.0 Å². The van der Waals surface area contributed by atoms with Gasteiger partial charge < -0.3 is 4.42 Å². The molecule has 5 aromatic rings. The van der Waals surface area contributed by atoms with Crippen molar-refractivity contribution in [1.82, 2.24) is 9.97 Å². The molecule has 0 N–H and O–H groups in total. The molecule has 0 saturated heterocycles. The van der Waals surface area contributed by atoms with E-state index in [0.717, 1.165) is 27.5 Å². The molecule has 0 spiro atoms. The van der Waals surface area contributed by atoms with Gasteiger partial charge in [-0.25, -0.2) is 4.98 Å². The van der Waals surface area contributed by atoms with Gasteiger partial charge in [-0.05, 0) is 83.9 Å². The van der Waals surface area contributed by atoms with Crippen LogP contribution in [0.3, 0.4) is 0 Å². The zero-order valence-corrected chi connectivity index (χ0v) is 22.5. The monoisotopic (exact) mass is 496 g/mol. The molecule has 37 heavy (non-hydrogen) atoms. The first-order valence-electron chi connectivity index (χ1n) is 16.0. The Morgan fingerprint density at radius 3 is 2.19 bits per heavy atom. The molecule has 0 saturated carbocycles. The number of pyridine rings is 2. The largest absolute Gasteiger partial charge is 0.437 e. The lowest BCUT2D eigenvalue weighted by molar-refractivity contribution is 0.635. The minimum absolute atomic E-state index is 0.130. The lowest BCUT2D eigenvalue weighted by Gasteiger charge is -2.19. The van der Waals surface area contributed by atoms with Gasteiger partial charge in [0.2, 0.25) is 5.71 Å². The maximum Gasteiger partial charge on any atom is 0.227 e. The third-order valence-corrected chi connectivity index (χ3v) is 7.18. The highest BCUT2D eigenvalue weighted by atomic mass is 16.3. The topological polar surface area (TPSA) is 38.9 Å². The Kier molecular flexibility index (Phi) is 5.13. The number of rotatable bonds is 7. The second-order valence-corrected chi connectivity index (χ2v) is 9.99. The molecule has 0 radical (unpaired) electrons. The van der Waals surface area contributed by atoms with Crippen LogP contribution in [0.1, 0.15) is 103 Å². The van der Waals surface area contributed by atoms with E-state index in [9.17, 15) is 0 Å². The lowest BCUT2D eigenvalue weighted by Crippen LogP contribution is -2.00. The van der Waals surface area contributed by atoms with E-state index < -0.39 is 24.5 Å². The summed E-state index contributed by atoms with van der Waals surface area (Å²) in [6.45, 7) is 8.69. The van der Waals surface area contributed by atoms with Crippen molar-refractivity contribution < 1.29 is 12.6 Å². The minimum atomic E-state index is -2.41. The fourth-order valence-corrected chi connectivity index (χ4v) is 5.20. The standard InChI is InChI=1S/C34H38N2O/c1-8-23(9-2)29-19-35-31(18-22(29)7)28-15-11-14-26-27-16-17-30(36-34(27)37-33(26)28)32-24(20(3)4)12-10-13-25(32)21(5)6/h10-21,23H,8-9H2,1-7H3/i7D3,20D,21D,23D. The Morgan fingerprint density at radius 1 is 0.838 bits per heavy atom. The number of para-hydroxylation sites is 1. The van der Waals surface area contributed by atoms with Gasteiger partial charge in [-0.3, -0.25) is 4.98 Å². The molecular weight excluding hydrogens is 452 g/mol. The molecule has 0 aliphatic carbocycles. The minimum Gasteiger partial charge on any atom is -0.437 e. The van der Waals surface area contributed by atoms with Crippen LogP contribution >= 0.6 is 0 Å². The molecule has 0 unspecified atom stereocenters. The summed E-state index contributed by atoms with van der Waals surface area (Å²) in [5, 5.41) is 1.62. The van der Waals surface area contributed by atoms with Crippen molar-refractivity contribution in [1.29, 1.82) is 0 Å². The van der Waals surface area contributed by atoms with E-state index in [1.807, 2.05) is 90.1 Å². The van der Waals surface area contributed by atoms with Crippen LogP contribution in [0.15, 0.2) is 65.2 Å². The Hall–Kier alpha value is -3.46. The van der Waals surface area contributed by atoms with Gasteiger partial charge in [-0.2, -0.15) is 0 Å². The average Bonchev–Trinajstić information content (AvgIpc) is 3.32. The number of aromatic nitrogens is 2. The Morgan fingerprint density at radius 2 is 1.54 bits per heavy atom. The lowest BCUT2D eigenvalue weighted by atomic mass is 9.87. The van der Waals surface area contributed by atoms with E-state index in [2.05, 4.69) is 4.98 Å². The fraction of sp³-hybridized carbons (Fsp3) is 0.353. The molecule has 3 heteroatoms. The van der Waals surface area contributed by atoms with Gasteiger partial charge in [-0.15, -0.1) is 0 Å². The van der Waals surface area contributed by atoms with Gasteiger partial charge in [0.05, 0.1) is 11.4 Å². The summed E-state index contributed by atoms with van der Waals surface area (Å²) in [5.74, 6) is -2.88. The van der Waals surface area contributed by atoms with E-state index >= 15 is 0 Å². The van der Waals surface area contributed by atoms with Gasteiger partial charge in [0.15, 0.2) is 0 Å². The molecule has 3 heterocycles. The number of nitrogens with zero attached hydrogens (tertiary/aromatic N) is 2. The van der Waals surface area contributed by atoms with Gasteiger partial charge in [-0.1, -0.05) is 71.9 Å². The second kappa shape index (κ2) is 10.1. The predicted octanol–water partition coefficient (Wildman–Crippen LogP) is 10.2.